The third-order valence-electron chi connectivity index (χ3n) is 4.38. The molecule has 23 heavy (non-hydrogen) atoms. The van der Waals surface area contributed by atoms with E-state index >= 15 is 0 Å². The Bertz CT molecular complexity index is 608. The van der Waals surface area contributed by atoms with Crippen LogP contribution < -0.4 is 5.32 Å². The van der Waals surface area contributed by atoms with Crippen LogP contribution in [-0.4, -0.2) is 54.3 Å². The van der Waals surface area contributed by atoms with E-state index < -0.39 is 0 Å². The topological polar surface area (TPSA) is 52.7 Å². The number of nitrogens with zero attached hydrogens (tertiary/aromatic N) is 2. The van der Waals surface area contributed by atoms with Crippen LogP contribution in [0.2, 0.25) is 0 Å². The van der Waals surface area contributed by atoms with Crippen LogP contribution in [0.1, 0.15) is 18.4 Å². The molecule has 6 heteroatoms. The van der Waals surface area contributed by atoms with Crippen molar-refractivity contribution in [2.75, 3.05) is 38.0 Å². The molecule has 3 rings (SSSR count). The van der Waals surface area contributed by atoms with Crippen LogP contribution in [0.15, 0.2) is 22.7 Å². The normalized spacial score (nSPS) is 18.8. The Balaban J connectivity index is 1.46. The summed E-state index contributed by atoms with van der Waals surface area (Å²) in [4.78, 5) is 28.3. The van der Waals surface area contributed by atoms with Gasteiger partial charge in [-0.1, -0.05) is 6.07 Å². The quantitative estimate of drug-likeness (QED) is 0.872. The number of hydrogen-bond donors (Lipinski definition) is 1. The molecule has 1 saturated heterocycles. The molecule has 5 nitrogen and oxygen atoms in total. The first-order valence-electron chi connectivity index (χ1n) is 8.10. The third-order valence-corrected chi connectivity index (χ3v) is 5.03. The van der Waals surface area contributed by atoms with Crippen molar-refractivity contribution in [2.24, 2.45) is 5.92 Å². The Hall–Kier alpha value is -1.40. The van der Waals surface area contributed by atoms with E-state index in [1.807, 2.05) is 30.0 Å². The summed E-state index contributed by atoms with van der Waals surface area (Å²) >= 11 is 3.47. The predicted octanol–water partition coefficient (Wildman–Crippen LogP) is 2.25. The number of piperazine rings is 1. The molecule has 1 aromatic carbocycles. The molecule has 2 fully saturated rings. The highest BCUT2D eigenvalue weighted by atomic mass is 79.9. The molecular weight excluding hydrogens is 358 g/mol. The summed E-state index contributed by atoms with van der Waals surface area (Å²) in [5, 5.41) is 2.94. The van der Waals surface area contributed by atoms with Crippen molar-refractivity contribution >= 4 is 33.4 Å². The highest BCUT2D eigenvalue weighted by molar-refractivity contribution is 9.10. The lowest BCUT2D eigenvalue weighted by atomic mass is 10.2. The zero-order valence-electron chi connectivity index (χ0n) is 13.3. The number of hydrogen-bond acceptors (Lipinski definition) is 3. The molecule has 1 aliphatic carbocycles. The zero-order valence-corrected chi connectivity index (χ0v) is 14.9. The van der Waals surface area contributed by atoms with Gasteiger partial charge < -0.3 is 10.2 Å². The molecule has 0 unspecified atom stereocenters. The van der Waals surface area contributed by atoms with Gasteiger partial charge in [0.15, 0.2) is 0 Å². The van der Waals surface area contributed by atoms with Crippen molar-refractivity contribution in [3.8, 4) is 0 Å². The van der Waals surface area contributed by atoms with Gasteiger partial charge in [0.05, 0.1) is 12.2 Å². The minimum Gasteiger partial charge on any atom is -0.340 e. The summed E-state index contributed by atoms with van der Waals surface area (Å²) in [6, 6.07) is 5.87. The Kier molecular flexibility index (Phi) is 5.02. The van der Waals surface area contributed by atoms with Gasteiger partial charge in [-0.05, 0) is 53.4 Å². The van der Waals surface area contributed by atoms with E-state index in [1.165, 1.54) is 0 Å². The number of carbonyl (C=O) groups excluding carboxylic acids is 2. The van der Waals surface area contributed by atoms with E-state index in [2.05, 4.69) is 26.1 Å². The molecule has 0 bridgehead atoms. The lowest BCUT2D eigenvalue weighted by molar-refractivity contribution is -0.134. The number of amides is 2. The summed E-state index contributed by atoms with van der Waals surface area (Å²) in [7, 11) is 0. The van der Waals surface area contributed by atoms with E-state index in [9.17, 15) is 9.59 Å². The predicted molar refractivity (Wildman–Crippen MR) is 93.3 cm³/mol. The van der Waals surface area contributed by atoms with Gasteiger partial charge in [-0.15, -0.1) is 0 Å². The van der Waals surface area contributed by atoms with Gasteiger partial charge in [-0.25, -0.2) is 0 Å². The number of anilines is 1. The maximum atomic E-state index is 12.2. The molecule has 2 amide bonds. The highest BCUT2D eigenvalue weighted by Gasteiger charge is 2.34. The number of rotatable bonds is 4. The van der Waals surface area contributed by atoms with Gasteiger partial charge in [0.1, 0.15) is 0 Å². The van der Waals surface area contributed by atoms with Gasteiger partial charge in [0.25, 0.3) is 0 Å². The van der Waals surface area contributed by atoms with Crippen LogP contribution in [-0.2, 0) is 9.59 Å². The van der Waals surface area contributed by atoms with Crippen molar-refractivity contribution < 1.29 is 9.59 Å². The fourth-order valence-electron chi connectivity index (χ4n) is 2.83. The molecular formula is C17H22BrN3O2. The highest BCUT2D eigenvalue weighted by Crippen LogP contribution is 2.31. The van der Waals surface area contributed by atoms with Crippen LogP contribution in [0.5, 0.6) is 0 Å². The number of halogens is 1. The molecule has 0 aromatic heterocycles. The number of nitrogens with one attached hydrogen (secondary N) is 1. The Morgan fingerprint density at radius 1 is 1.22 bits per heavy atom. The van der Waals surface area contributed by atoms with E-state index in [-0.39, 0.29) is 11.8 Å². The second kappa shape index (κ2) is 7.01. The van der Waals surface area contributed by atoms with Crippen molar-refractivity contribution in [3.05, 3.63) is 28.2 Å². The van der Waals surface area contributed by atoms with E-state index in [4.69, 9.17) is 0 Å². The molecule has 1 N–H and O–H groups in total. The van der Waals surface area contributed by atoms with E-state index in [0.29, 0.717) is 12.5 Å². The Morgan fingerprint density at radius 2 is 1.91 bits per heavy atom. The lowest BCUT2D eigenvalue weighted by Crippen LogP contribution is -2.50. The molecule has 1 saturated carbocycles. The fourth-order valence-corrected chi connectivity index (χ4v) is 3.42. The van der Waals surface area contributed by atoms with Crippen molar-refractivity contribution in [1.29, 1.82) is 0 Å². The lowest BCUT2D eigenvalue weighted by Gasteiger charge is -2.34. The molecule has 0 spiro atoms. The Morgan fingerprint density at radius 3 is 2.52 bits per heavy atom. The largest absolute Gasteiger partial charge is 0.340 e. The monoisotopic (exact) mass is 379 g/mol. The Labute approximate surface area is 145 Å². The molecule has 0 radical (unpaired) electrons. The van der Waals surface area contributed by atoms with Crippen molar-refractivity contribution in [2.45, 2.75) is 19.8 Å². The van der Waals surface area contributed by atoms with Gasteiger partial charge in [-0.3, -0.25) is 14.5 Å². The summed E-state index contributed by atoms with van der Waals surface area (Å²) in [5.74, 6) is 0.568. The minimum atomic E-state index is -0.0171. The summed E-state index contributed by atoms with van der Waals surface area (Å²) < 4.78 is 0.894. The van der Waals surface area contributed by atoms with Crippen LogP contribution in [0, 0.1) is 12.8 Å². The fraction of sp³-hybridized carbons (Fsp3) is 0.529. The second-order valence-corrected chi connectivity index (χ2v) is 7.26. The van der Waals surface area contributed by atoms with Crippen molar-refractivity contribution in [3.63, 3.8) is 0 Å². The number of carbonyl (C=O) groups is 2. The van der Waals surface area contributed by atoms with Crippen LogP contribution in [0.4, 0.5) is 5.69 Å². The minimum absolute atomic E-state index is 0.0171. The molecule has 0 atom stereocenters. The van der Waals surface area contributed by atoms with Crippen LogP contribution in [0.25, 0.3) is 0 Å². The summed E-state index contributed by atoms with van der Waals surface area (Å²) in [6.07, 6.45) is 2.10. The van der Waals surface area contributed by atoms with E-state index in [1.54, 1.807) is 0 Å². The molecule has 1 aromatic rings. The molecule has 2 aliphatic rings. The summed E-state index contributed by atoms with van der Waals surface area (Å²) in [5.41, 5.74) is 1.94. The average molecular weight is 380 g/mol. The van der Waals surface area contributed by atoms with Crippen LogP contribution in [0.3, 0.4) is 0 Å². The maximum absolute atomic E-state index is 12.2. The maximum Gasteiger partial charge on any atom is 0.238 e. The third kappa shape index (κ3) is 4.32. The van der Waals surface area contributed by atoms with Gasteiger partial charge >= 0.3 is 0 Å². The van der Waals surface area contributed by atoms with Gasteiger partial charge in [0.2, 0.25) is 11.8 Å². The van der Waals surface area contributed by atoms with Crippen LogP contribution >= 0.6 is 15.9 Å². The zero-order chi connectivity index (χ0) is 16.4. The molecule has 1 aliphatic heterocycles. The van der Waals surface area contributed by atoms with Gasteiger partial charge in [-0.2, -0.15) is 0 Å². The van der Waals surface area contributed by atoms with Gasteiger partial charge in [0, 0.05) is 36.6 Å². The SMILES string of the molecule is Cc1ccc(NC(=O)CN2CCN(C(=O)C3CC3)CC2)c(Br)c1. The number of aryl methyl sites for hydroxylation is 1. The smallest absolute Gasteiger partial charge is 0.238 e. The average Bonchev–Trinajstić information content (AvgIpc) is 3.35. The first kappa shape index (κ1) is 16.5. The first-order valence-corrected chi connectivity index (χ1v) is 8.89. The van der Waals surface area contributed by atoms with Crippen molar-refractivity contribution in [1.82, 2.24) is 9.80 Å². The standard InChI is InChI=1S/C17H22BrN3O2/c1-12-2-5-15(14(18)10-12)19-16(22)11-20-6-8-21(9-7-20)17(23)13-3-4-13/h2,5,10,13H,3-4,6-9,11H2,1H3,(H,19,22). The van der Waals surface area contributed by atoms with E-state index in [0.717, 1.165) is 54.7 Å². The summed E-state index contributed by atoms with van der Waals surface area (Å²) in [6.45, 7) is 5.38. The molecule has 1 heterocycles. The molecule has 124 valence electrons. The first-order chi connectivity index (χ1) is 11.0. The second-order valence-electron chi connectivity index (χ2n) is 6.41. The number of benzene rings is 1.